The van der Waals surface area contributed by atoms with Crippen LogP contribution >= 0.6 is 0 Å². The van der Waals surface area contributed by atoms with E-state index in [2.05, 4.69) is 5.16 Å². The molecule has 1 heterocycles. The highest BCUT2D eigenvalue weighted by Crippen LogP contribution is 2.29. The second-order valence-corrected chi connectivity index (χ2v) is 7.12. The molecule has 3 aromatic rings. The van der Waals surface area contributed by atoms with Gasteiger partial charge in [0.1, 0.15) is 6.61 Å². The lowest BCUT2D eigenvalue weighted by Gasteiger charge is -2.16. The minimum Gasteiger partial charge on any atom is -0.493 e. The molecule has 1 aliphatic heterocycles. The van der Waals surface area contributed by atoms with Gasteiger partial charge in [0.25, 0.3) is 5.91 Å². The molecule has 0 atom stereocenters. The van der Waals surface area contributed by atoms with E-state index in [1.165, 1.54) is 5.56 Å². The number of hydrogen-bond acceptors (Lipinski definition) is 5. The van der Waals surface area contributed by atoms with Gasteiger partial charge in [-0.25, -0.2) is 0 Å². The third kappa shape index (κ3) is 5.04. The van der Waals surface area contributed by atoms with Crippen LogP contribution in [0, 0.1) is 0 Å². The molecule has 0 aliphatic carbocycles. The summed E-state index contributed by atoms with van der Waals surface area (Å²) < 4.78 is 11.3. The van der Waals surface area contributed by atoms with Gasteiger partial charge in [-0.05, 0) is 41.8 Å². The highest BCUT2D eigenvalue weighted by Gasteiger charge is 2.24. The van der Waals surface area contributed by atoms with Crippen LogP contribution in [-0.4, -0.2) is 32.4 Å². The van der Waals surface area contributed by atoms with Crippen LogP contribution in [0.3, 0.4) is 0 Å². The monoisotopic (exact) mass is 416 g/mol. The summed E-state index contributed by atoms with van der Waals surface area (Å²) in [6.45, 7) is 1.02. The Morgan fingerprint density at radius 2 is 1.84 bits per heavy atom. The second kappa shape index (κ2) is 9.80. The summed E-state index contributed by atoms with van der Waals surface area (Å²) in [6, 6.07) is 23.3. The van der Waals surface area contributed by atoms with E-state index in [1.54, 1.807) is 18.2 Å². The standard InChI is InChI=1S/C25H24N2O4/c1-29-24-15-20(11-12-23(24)30-17-19-7-3-2-4-8-19)16-26-31-18-25(28)27-14-13-21-9-5-6-10-22(21)27/h2-12,15-16H,13-14,17-18H2,1H3/b26-16+. The normalized spacial score (nSPS) is 12.6. The number of ether oxygens (including phenoxy) is 2. The van der Waals surface area contributed by atoms with Crippen molar-refractivity contribution in [2.45, 2.75) is 13.0 Å². The Hall–Kier alpha value is -3.80. The number of carbonyl (C=O) groups is 1. The molecule has 0 aromatic heterocycles. The molecule has 6 nitrogen and oxygen atoms in total. The first-order valence-electron chi connectivity index (χ1n) is 10.1. The van der Waals surface area contributed by atoms with E-state index < -0.39 is 0 Å². The third-order valence-corrected chi connectivity index (χ3v) is 5.08. The SMILES string of the molecule is COc1cc(/C=N/OCC(=O)N2CCc3ccccc32)ccc1OCc1ccccc1. The maximum atomic E-state index is 12.4. The van der Waals surface area contributed by atoms with E-state index in [-0.39, 0.29) is 12.5 Å². The van der Waals surface area contributed by atoms with Crippen LogP contribution in [0.15, 0.2) is 78.0 Å². The van der Waals surface area contributed by atoms with Gasteiger partial charge in [0, 0.05) is 17.8 Å². The lowest BCUT2D eigenvalue weighted by Crippen LogP contribution is -2.31. The van der Waals surface area contributed by atoms with Gasteiger partial charge in [0.15, 0.2) is 18.1 Å². The van der Waals surface area contributed by atoms with Gasteiger partial charge >= 0.3 is 0 Å². The fourth-order valence-electron chi connectivity index (χ4n) is 3.48. The van der Waals surface area contributed by atoms with Gasteiger partial charge < -0.3 is 19.2 Å². The van der Waals surface area contributed by atoms with Crippen LogP contribution in [0.25, 0.3) is 0 Å². The van der Waals surface area contributed by atoms with Crippen LogP contribution in [-0.2, 0) is 22.7 Å². The topological polar surface area (TPSA) is 60.4 Å². The largest absolute Gasteiger partial charge is 0.493 e. The molecule has 31 heavy (non-hydrogen) atoms. The van der Waals surface area contributed by atoms with E-state index in [0.29, 0.717) is 24.7 Å². The van der Waals surface area contributed by atoms with E-state index in [0.717, 1.165) is 23.2 Å². The van der Waals surface area contributed by atoms with E-state index in [9.17, 15) is 4.79 Å². The molecule has 158 valence electrons. The predicted molar refractivity (Wildman–Crippen MR) is 120 cm³/mol. The van der Waals surface area contributed by atoms with Crippen molar-refractivity contribution in [3.63, 3.8) is 0 Å². The molecule has 0 saturated carbocycles. The average molecular weight is 416 g/mol. The zero-order chi connectivity index (χ0) is 21.5. The number of benzene rings is 3. The molecule has 0 radical (unpaired) electrons. The summed E-state index contributed by atoms with van der Waals surface area (Å²) in [5.74, 6) is 1.14. The molecule has 0 saturated heterocycles. The average Bonchev–Trinajstić information content (AvgIpc) is 3.25. The van der Waals surface area contributed by atoms with Crippen molar-refractivity contribution in [2.24, 2.45) is 5.16 Å². The summed E-state index contributed by atoms with van der Waals surface area (Å²) in [4.78, 5) is 19.4. The molecule has 0 unspecified atom stereocenters. The van der Waals surface area contributed by atoms with Gasteiger partial charge in [0.2, 0.25) is 0 Å². The van der Waals surface area contributed by atoms with Crippen LogP contribution < -0.4 is 14.4 Å². The summed E-state index contributed by atoms with van der Waals surface area (Å²) in [5, 5.41) is 3.94. The van der Waals surface area contributed by atoms with Crippen molar-refractivity contribution in [3.8, 4) is 11.5 Å². The Labute approximate surface area is 181 Å². The number of fused-ring (bicyclic) bond motifs is 1. The van der Waals surface area contributed by atoms with Crippen LogP contribution in [0.4, 0.5) is 5.69 Å². The number of hydrogen-bond donors (Lipinski definition) is 0. The molecular formula is C25H24N2O4. The first kappa shape index (κ1) is 20.5. The molecular weight excluding hydrogens is 392 g/mol. The van der Waals surface area contributed by atoms with Crippen molar-refractivity contribution in [3.05, 3.63) is 89.5 Å². The molecule has 6 heteroatoms. The molecule has 0 bridgehead atoms. The fraction of sp³-hybridized carbons (Fsp3) is 0.200. The highest BCUT2D eigenvalue weighted by atomic mass is 16.6. The molecule has 0 N–H and O–H groups in total. The molecule has 0 fully saturated rings. The summed E-state index contributed by atoms with van der Waals surface area (Å²) in [6.07, 6.45) is 2.42. The first-order chi connectivity index (χ1) is 15.2. The summed E-state index contributed by atoms with van der Waals surface area (Å²) in [5.41, 5.74) is 3.99. The van der Waals surface area contributed by atoms with Crippen molar-refractivity contribution in [1.29, 1.82) is 0 Å². The Kier molecular flexibility index (Phi) is 6.47. The number of anilines is 1. The Balaban J connectivity index is 1.31. The Morgan fingerprint density at radius 1 is 1.03 bits per heavy atom. The van der Waals surface area contributed by atoms with Crippen molar-refractivity contribution >= 4 is 17.8 Å². The molecule has 3 aromatic carbocycles. The van der Waals surface area contributed by atoms with Gasteiger partial charge in [0.05, 0.1) is 13.3 Å². The number of para-hydroxylation sites is 1. The number of amides is 1. The third-order valence-electron chi connectivity index (χ3n) is 5.08. The quantitative estimate of drug-likeness (QED) is 0.408. The predicted octanol–water partition coefficient (Wildman–Crippen LogP) is 4.21. The number of methoxy groups -OCH3 is 1. The fourth-order valence-corrected chi connectivity index (χ4v) is 3.48. The Bertz CT molecular complexity index is 1070. The minimum atomic E-state index is -0.111. The van der Waals surface area contributed by atoms with Gasteiger partial charge in [-0.1, -0.05) is 53.7 Å². The van der Waals surface area contributed by atoms with Crippen LogP contribution in [0.5, 0.6) is 11.5 Å². The van der Waals surface area contributed by atoms with Crippen molar-refractivity contribution in [1.82, 2.24) is 0 Å². The molecule has 4 rings (SSSR count). The smallest absolute Gasteiger partial charge is 0.267 e. The highest BCUT2D eigenvalue weighted by molar-refractivity contribution is 5.96. The number of carbonyl (C=O) groups excluding carboxylic acids is 1. The zero-order valence-electron chi connectivity index (χ0n) is 17.4. The van der Waals surface area contributed by atoms with Gasteiger partial charge in [-0.15, -0.1) is 0 Å². The number of oxime groups is 1. The van der Waals surface area contributed by atoms with Gasteiger partial charge in [-0.3, -0.25) is 4.79 Å². The maximum absolute atomic E-state index is 12.4. The van der Waals surface area contributed by atoms with Gasteiger partial charge in [-0.2, -0.15) is 0 Å². The van der Waals surface area contributed by atoms with Crippen molar-refractivity contribution < 1.29 is 19.1 Å². The lowest BCUT2D eigenvalue weighted by atomic mass is 10.2. The number of nitrogens with zero attached hydrogens (tertiary/aromatic N) is 2. The van der Waals surface area contributed by atoms with Crippen LogP contribution in [0.2, 0.25) is 0 Å². The zero-order valence-corrected chi connectivity index (χ0v) is 17.4. The lowest BCUT2D eigenvalue weighted by molar-refractivity contribution is -0.122. The first-order valence-corrected chi connectivity index (χ1v) is 10.1. The van der Waals surface area contributed by atoms with Crippen molar-refractivity contribution in [2.75, 3.05) is 25.2 Å². The molecule has 0 spiro atoms. The molecule has 1 aliphatic rings. The number of rotatable bonds is 8. The second-order valence-electron chi connectivity index (χ2n) is 7.12. The van der Waals surface area contributed by atoms with E-state index in [1.807, 2.05) is 72.8 Å². The summed E-state index contributed by atoms with van der Waals surface area (Å²) >= 11 is 0. The Morgan fingerprint density at radius 3 is 2.68 bits per heavy atom. The minimum absolute atomic E-state index is 0.107. The van der Waals surface area contributed by atoms with E-state index in [4.69, 9.17) is 14.3 Å². The summed E-state index contributed by atoms with van der Waals surface area (Å²) in [7, 11) is 1.59. The molecule has 1 amide bonds. The maximum Gasteiger partial charge on any atom is 0.267 e. The van der Waals surface area contributed by atoms with Crippen LogP contribution in [0.1, 0.15) is 16.7 Å². The van der Waals surface area contributed by atoms with E-state index >= 15 is 0 Å².